The van der Waals surface area contributed by atoms with E-state index >= 15 is 0 Å². The molecule has 1 aliphatic rings. The van der Waals surface area contributed by atoms with E-state index in [0.717, 1.165) is 16.7 Å². The zero-order valence-corrected chi connectivity index (χ0v) is 14.7. The van der Waals surface area contributed by atoms with Gasteiger partial charge in [0.25, 0.3) is 11.1 Å². The highest BCUT2D eigenvalue weighted by Gasteiger charge is 2.36. The molecular formula is C18H15FN2O4S. The molecule has 1 aliphatic heterocycles. The maximum atomic E-state index is 13.1. The highest BCUT2D eigenvalue weighted by Crippen LogP contribution is 2.32. The molecule has 1 aromatic heterocycles. The predicted octanol–water partition coefficient (Wildman–Crippen LogP) is 3.22. The Balaban J connectivity index is 1.84. The van der Waals surface area contributed by atoms with Crippen molar-refractivity contribution in [3.05, 3.63) is 59.0 Å². The van der Waals surface area contributed by atoms with E-state index in [0.29, 0.717) is 11.4 Å². The number of ether oxygens (including phenoxy) is 1. The van der Waals surface area contributed by atoms with E-state index in [1.54, 1.807) is 48.0 Å². The van der Waals surface area contributed by atoms with Crippen molar-refractivity contribution in [1.82, 2.24) is 9.47 Å². The predicted molar refractivity (Wildman–Crippen MR) is 95.0 cm³/mol. The molecule has 1 saturated heterocycles. The Bertz CT molecular complexity index is 889. The summed E-state index contributed by atoms with van der Waals surface area (Å²) < 4.78 is 19.6. The summed E-state index contributed by atoms with van der Waals surface area (Å²) in [6, 6.07) is 9.44. The molecule has 0 spiro atoms. The Morgan fingerprint density at radius 1 is 1.23 bits per heavy atom. The molecule has 26 heavy (non-hydrogen) atoms. The molecule has 1 aromatic carbocycles. The number of amides is 2. The summed E-state index contributed by atoms with van der Waals surface area (Å²) in [6.07, 6.45) is 3.33. The summed E-state index contributed by atoms with van der Waals surface area (Å²) >= 11 is 0.764. The topological polar surface area (TPSA) is 68.6 Å². The quantitative estimate of drug-likeness (QED) is 0.594. The Morgan fingerprint density at radius 3 is 2.65 bits per heavy atom. The van der Waals surface area contributed by atoms with Crippen LogP contribution in [-0.2, 0) is 14.3 Å². The smallest absolute Gasteiger partial charge is 0.326 e. The molecule has 8 heteroatoms. The molecule has 0 atom stereocenters. The van der Waals surface area contributed by atoms with Crippen LogP contribution in [0.3, 0.4) is 0 Å². The van der Waals surface area contributed by atoms with Crippen molar-refractivity contribution in [2.45, 2.75) is 6.92 Å². The van der Waals surface area contributed by atoms with E-state index in [2.05, 4.69) is 0 Å². The van der Waals surface area contributed by atoms with Crippen molar-refractivity contribution < 1.29 is 23.5 Å². The lowest BCUT2D eigenvalue weighted by molar-refractivity contribution is -0.145. The van der Waals surface area contributed by atoms with Gasteiger partial charge in [-0.25, -0.2) is 4.39 Å². The highest BCUT2D eigenvalue weighted by atomic mass is 32.2. The van der Waals surface area contributed by atoms with Crippen molar-refractivity contribution >= 4 is 35.0 Å². The summed E-state index contributed by atoms with van der Waals surface area (Å²) in [5.41, 5.74) is 1.37. The Labute approximate surface area is 153 Å². The van der Waals surface area contributed by atoms with Gasteiger partial charge in [-0.05, 0) is 61.2 Å². The van der Waals surface area contributed by atoms with Gasteiger partial charge < -0.3 is 9.30 Å². The highest BCUT2D eigenvalue weighted by molar-refractivity contribution is 8.18. The van der Waals surface area contributed by atoms with Crippen molar-refractivity contribution in [2.75, 3.05) is 13.2 Å². The van der Waals surface area contributed by atoms with Gasteiger partial charge in [-0.1, -0.05) is 0 Å². The maximum Gasteiger partial charge on any atom is 0.326 e. The molecule has 0 aliphatic carbocycles. The third kappa shape index (κ3) is 3.70. The van der Waals surface area contributed by atoms with Gasteiger partial charge in [0.1, 0.15) is 12.4 Å². The Kier molecular flexibility index (Phi) is 5.22. The van der Waals surface area contributed by atoms with E-state index in [9.17, 15) is 18.8 Å². The number of carbonyl (C=O) groups is 3. The van der Waals surface area contributed by atoms with Crippen LogP contribution >= 0.6 is 11.8 Å². The molecular weight excluding hydrogens is 359 g/mol. The molecule has 0 bridgehead atoms. The minimum Gasteiger partial charge on any atom is -0.465 e. The molecule has 2 amide bonds. The summed E-state index contributed by atoms with van der Waals surface area (Å²) in [4.78, 5) is 37.1. The summed E-state index contributed by atoms with van der Waals surface area (Å²) in [5.74, 6) is -1.52. The number of hydrogen-bond acceptors (Lipinski definition) is 5. The largest absolute Gasteiger partial charge is 0.465 e. The number of carbonyl (C=O) groups excluding carboxylic acids is 3. The Morgan fingerprint density at radius 2 is 1.96 bits per heavy atom. The van der Waals surface area contributed by atoms with Crippen molar-refractivity contribution in [1.29, 1.82) is 0 Å². The van der Waals surface area contributed by atoms with E-state index in [1.165, 1.54) is 12.1 Å². The second-order valence-corrected chi connectivity index (χ2v) is 6.35. The minimum absolute atomic E-state index is 0.177. The normalized spacial score (nSPS) is 15.8. The third-order valence-electron chi connectivity index (χ3n) is 3.63. The van der Waals surface area contributed by atoms with E-state index in [-0.39, 0.29) is 17.3 Å². The average molecular weight is 374 g/mol. The van der Waals surface area contributed by atoms with Crippen molar-refractivity contribution in [3.63, 3.8) is 0 Å². The fourth-order valence-electron chi connectivity index (χ4n) is 2.45. The lowest BCUT2D eigenvalue weighted by atomic mass is 10.3. The number of imide groups is 1. The number of aromatic nitrogens is 1. The van der Waals surface area contributed by atoms with Gasteiger partial charge in [0.05, 0.1) is 11.5 Å². The van der Waals surface area contributed by atoms with E-state index < -0.39 is 23.7 Å². The zero-order valence-electron chi connectivity index (χ0n) is 13.8. The Hall–Kier alpha value is -2.87. The number of nitrogens with zero attached hydrogens (tertiary/aromatic N) is 2. The first-order valence-corrected chi connectivity index (χ1v) is 8.65. The standard InChI is InChI=1S/C18H15FN2O4S/c1-2-25-16(22)11-21-17(23)15(26-18(21)24)10-14-4-3-9-20(14)13-7-5-12(19)6-8-13/h3-10H,2,11H2,1H3/b15-10+. The fraction of sp³-hybridized carbons (Fsp3) is 0.167. The lowest BCUT2D eigenvalue weighted by Crippen LogP contribution is -2.34. The molecule has 134 valence electrons. The molecule has 3 rings (SSSR count). The SMILES string of the molecule is CCOC(=O)CN1C(=O)S/C(=C/c2cccn2-c2ccc(F)cc2)C1=O. The number of benzene rings is 1. The van der Waals surface area contributed by atoms with Crippen molar-refractivity contribution in [3.8, 4) is 5.69 Å². The van der Waals surface area contributed by atoms with Crippen molar-refractivity contribution in [2.24, 2.45) is 0 Å². The molecule has 0 unspecified atom stereocenters. The van der Waals surface area contributed by atoms with Gasteiger partial charge in [-0.2, -0.15) is 0 Å². The summed E-state index contributed by atoms with van der Waals surface area (Å²) in [7, 11) is 0. The first kappa shape index (κ1) is 17.9. The third-order valence-corrected chi connectivity index (χ3v) is 4.54. The second kappa shape index (κ2) is 7.57. The van der Waals surface area contributed by atoms with Crippen LogP contribution in [-0.4, -0.2) is 39.7 Å². The first-order valence-electron chi connectivity index (χ1n) is 7.84. The monoisotopic (exact) mass is 374 g/mol. The lowest BCUT2D eigenvalue weighted by Gasteiger charge is -2.11. The van der Waals surface area contributed by atoms with Crippen LogP contribution in [0.2, 0.25) is 0 Å². The number of hydrogen-bond donors (Lipinski definition) is 0. The van der Waals surface area contributed by atoms with E-state index in [1.807, 2.05) is 0 Å². The van der Waals surface area contributed by atoms with Crippen LogP contribution in [0.1, 0.15) is 12.6 Å². The van der Waals surface area contributed by atoms with Gasteiger partial charge in [-0.15, -0.1) is 0 Å². The average Bonchev–Trinajstić information content (AvgIpc) is 3.16. The first-order chi connectivity index (χ1) is 12.5. The number of rotatable bonds is 5. The summed E-state index contributed by atoms with van der Waals surface area (Å²) in [6.45, 7) is 1.42. The van der Waals surface area contributed by atoms with Gasteiger partial charge >= 0.3 is 5.97 Å². The van der Waals surface area contributed by atoms with Crippen LogP contribution in [0.25, 0.3) is 11.8 Å². The zero-order chi connectivity index (χ0) is 18.7. The number of halogens is 1. The molecule has 6 nitrogen and oxygen atoms in total. The molecule has 2 heterocycles. The van der Waals surface area contributed by atoms with Crippen LogP contribution in [0.5, 0.6) is 0 Å². The van der Waals surface area contributed by atoms with Gasteiger partial charge in [-0.3, -0.25) is 19.3 Å². The molecule has 1 fully saturated rings. The van der Waals surface area contributed by atoms with Crippen LogP contribution in [0, 0.1) is 5.82 Å². The maximum absolute atomic E-state index is 13.1. The van der Waals surface area contributed by atoms with Crippen LogP contribution in [0.4, 0.5) is 9.18 Å². The fourth-order valence-corrected chi connectivity index (χ4v) is 3.28. The van der Waals surface area contributed by atoms with E-state index in [4.69, 9.17) is 4.74 Å². The van der Waals surface area contributed by atoms with Gasteiger partial charge in [0, 0.05) is 17.6 Å². The number of thioether (sulfide) groups is 1. The number of esters is 1. The molecule has 0 N–H and O–H groups in total. The van der Waals surface area contributed by atoms with Crippen LogP contribution in [0.15, 0.2) is 47.5 Å². The molecule has 2 aromatic rings. The second-order valence-electron chi connectivity index (χ2n) is 5.35. The van der Waals surface area contributed by atoms with Crippen LogP contribution < -0.4 is 0 Å². The summed E-state index contributed by atoms with van der Waals surface area (Å²) in [5, 5.41) is -0.519. The molecule has 0 saturated carbocycles. The molecule has 0 radical (unpaired) electrons. The minimum atomic E-state index is -0.634. The van der Waals surface area contributed by atoms with Gasteiger partial charge in [0.15, 0.2) is 0 Å². The van der Waals surface area contributed by atoms with Gasteiger partial charge in [0.2, 0.25) is 0 Å².